The molecule has 1 aromatic heterocycles. The second-order valence-corrected chi connectivity index (χ2v) is 7.04. The van der Waals surface area contributed by atoms with Crippen LogP contribution >= 0.6 is 23.4 Å². The second kappa shape index (κ2) is 9.92. The van der Waals surface area contributed by atoms with Crippen molar-refractivity contribution in [2.45, 2.75) is 5.16 Å². The Morgan fingerprint density at radius 2 is 1.90 bits per heavy atom. The number of nitrogens with one attached hydrogen (secondary N) is 1. The van der Waals surface area contributed by atoms with Crippen LogP contribution in [0.15, 0.2) is 59.8 Å². The lowest BCUT2D eigenvalue weighted by Crippen LogP contribution is -2.16. The van der Waals surface area contributed by atoms with Gasteiger partial charge in [-0.05, 0) is 30.5 Å². The van der Waals surface area contributed by atoms with E-state index in [4.69, 9.17) is 16.3 Å². The van der Waals surface area contributed by atoms with E-state index in [1.54, 1.807) is 24.3 Å². The maximum Gasteiger partial charge on any atom is 0.338 e. The third-order valence-electron chi connectivity index (χ3n) is 3.94. The van der Waals surface area contributed by atoms with Crippen molar-refractivity contribution in [2.75, 3.05) is 24.7 Å². The van der Waals surface area contributed by atoms with Gasteiger partial charge in [-0.25, -0.2) is 14.8 Å². The van der Waals surface area contributed by atoms with Crippen LogP contribution in [0.4, 0.5) is 5.82 Å². The zero-order chi connectivity index (χ0) is 20.6. The van der Waals surface area contributed by atoms with E-state index in [1.807, 2.05) is 36.6 Å². The van der Waals surface area contributed by atoms with Crippen LogP contribution in [0.3, 0.4) is 0 Å². The van der Waals surface area contributed by atoms with Crippen molar-refractivity contribution in [3.05, 3.63) is 70.7 Å². The van der Waals surface area contributed by atoms with Gasteiger partial charge in [0.1, 0.15) is 24.1 Å². The number of carbonyl (C=O) groups is 1. The van der Waals surface area contributed by atoms with Crippen LogP contribution in [-0.4, -0.2) is 35.3 Å². The number of benzene rings is 2. The van der Waals surface area contributed by atoms with Crippen molar-refractivity contribution in [3.8, 4) is 17.3 Å². The topological polar surface area (TPSA) is 87.9 Å². The van der Waals surface area contributed by atoms with Gasteiger partial charge in [0, 0.05) is 10.6 Å². The van der Waals surface area contributed by atoms with Gasteiger partial charge < -0.3 is 10.1 Å². The molecule has 0 aliphatic carbocycles. The summed E-state index contributed by atoms with van der Waals surface area (Å²) in [6, 6.07) is 18.1. The number of nitrogens with zero attached hydrogens (tertiary/aromatic N) is 3. The minimum Gasteiger partial charge on any atom is -0.460 e. The summed E-state index contributed by atoms with van der Waals surface area (Å²) in [4.78, 5) is 20.9. The summed E-state index contributed by atoms with van der Waals surface area (Å²) in [6.45, 7) is 0.415. The Kier molecular flexibility index (Phi) is 7.06. The molecule has 0 unspecified atom stereocenters. The molecule has 0 atom stereocenters. The molecule has 8 heteroatoms. The third-order valence-corrected chi connectivity index (χ3v) is 4.74. The average molecular weight is 425 g/mol. The number of anilines is 1. The highest BCUT2D eigenvalue weighted by Gasteiger charge is 2.16. The summed E-state index contributed by atoms with van der Waals surface area (Å²) in [5, 5.41) is 13.8. The van der Waals surface area contributed by atoms with Crippen LogP contribution < -0.4 is 5.32 Å². The molecule has 6 nitrogen and oxygen atoms in total. The summed E-state index contributed by atoms with van der Waals surface area (Å²) in [5.41, 5.74) is 2.16. The van der Waals surface area contributed by atoms with Gasteiger partial charge >= 0.3 is 5.97 Å². The largest absolute Gasteiger partial charge is 0.460 e. The van der Waals surface area contributed by atoms with Crippen LogP contribution in [0.5, 0.6) is 0 Å². The highest BCUT2D eigenvalue weighted by molar-refractivity contribution is 7.98. The Morgan fingerprint density at radius 1 is 1.17 bits per heavy atom. The second-order valence-electron chi connectivity index (χ2n) is 5.83. The Hall–Kier alpha value is -3.08. The standard InChI is InChI=1S/C21H17ClN4O2S/c1-29-21-25-18(14-5-3-2-4-6-14)17(13-23)19(26-21)24-11-12-28-20(27)15-7-9-16(22)10-8-15/h2-10H,11-12H2,1H3,(H,24,25,26). The maximum atomic E-state index is 12.1. The highest BCUT2D eigenvalue weighted by atomic mass is 35.5. The van der Waals surface area contributed by atoms with Crippen LogP contribution in [0, 0.1) is 11.3 Å². The highest BCUT2D eigenvalue weighted by Crippen LogP contribution is 2.28. The number of hydrogen-bond acceptors (Lipinski definition) is 7. The molecule has 0 aliphatic rings. The number of hydrogen-bond donors (Lipinski definition) is 1. The first-order chi connectivity index (χ1) is 14.1. The first-order valence-corrected chi connectivity index (χ1v) is 10.3. The number of rotatable bonds is 7. The zero-order valence-electron chi connectivity index (χ0n) is 15.6. The normalized spacial score (nSPS) is 10.2. The Bertz CT molecular complexity index is 1040. The molecule has 3 aromatic rings. The van der Waals surface area contributed by atoms with Gasteiger partial charge in [-0.15, -0.1) is 0 Å². The molecule has 0 spiro atoms. The summed E-state index contributed by atoms with van der Waals surface area (Å²) < 4.78 is 5.26. The number of nitriles is 1. The summed E-state index contributed by atoms with van der Waals surface area (Å²) in [5.74, 6) is -0.0327. The van der Waals surface area contributed by atoms with Crippen LogP contribution in [-0.2, 0) is 4.74 Å². The fraction of sp³-hybridized carbons (Fsp3) is 0.143. The van der Waals surface area contributed by atoms with Gasteiger partial charge in [-0.1, -0.05) is 53.7 Å². The molecule has 1 heterocycles. The average Bonchev–Trinajstić information content (AvgIpc) is 2.77. The monoisotopic (exact) mass is 424 g/mol. The van der Waals surface area contributed by atoms with Crippen LogP contribution in [0.1, 0.15) is 15.9 Å². The van der Waals surface area contributed by atoms with E-state index in [0.717, 1.165) is 5.56 Å². The summed E-state index contributed by atoms with van der Waals surface area (Å²) in [7, 11) is 0. The molecule has 0 saturated carbocycles. The number of ether oxygens (including phenoxy) is 1. The van der Waals surface area contributed by atoms with Crippen LogP contribution in [0.2, 0.25) is 5.02 Å². The van der Waals surface area contributed by atoms with Gasteiger partial charge in [0.15, 0.2) is 5.16 Å². The minimum atomic E-state index is -0.443. The van der Waals surface area contributed by atoms with Crippen molar-refractivity contribution in [1.82, 2.24) is 9.97 Å². The predicted molar refractivity (Wildman–Crippen MR) is 114 cm³/mol. The summed E-state index contributed by atoms with van der Waals surface area (Å²) in [6.07, 6.45) is 1.87. The number of carbonyl (C=O) groups excluding carboxylic acids is 1. The van der Waals surface area contributed by atoms with E-state index in [2.05, 4.69) is 21.4 Å². The predicted octanol–water partition coefficient (Wildman–Crippen LogP) is 4.66. The van der Waals surface area contributed by atoms with Gasteiger partial charge in [-0.2, -0.15) is 5.26 Å². The molecule has 3 rings (SSSR count). The lowest BCUT2D eigenvalue weighted by molar-refractivity contribution is 0.0520. The minimum absolute atomic E-state index is 0.117. The van der Waals surface area contributed by atoms with E-state index < -0.39 is 5.97 Å². The molecule has 0 amide bonds. The first-order valence-electron chi connectivity index (χ1n) is 8.70. The number of esters is 1. The van der Waals surface area contributed by atoms with Crippen molar-refractivity contribution < 1.29 is 9.53 Å². The Balaban J connectivity index is 1.71. The van der Waals surface area contributed by atoms with Crippen molar-refractivity contribution in [3.63, 3.8) is 0 Å². The molecular weight excluding hydrogens is 408 g/mol. The molecule has 29 heavy (non-hydrogen) atoms. The maximum absolute atomic E-state index is 12.1. The third kappa shape index (κ3) is 5.25. The Morgan fingerprint density at radius 3 is 2.55 bits per heavy atom. The van der Waals surface area contributed by atoms with E-state index in [0.29, 0.717) is 39.4 Å². The fourth-order valence-corrected chi connectivity index (χ4v) is 3.04. The van der Waals surface area contributed by atoms with Crippen molar-refractivity contribution in [1.29, 1.82) is 5.26 Å². The molecular formula is C21H17ClN4O2S. The molecule has 2 aromatic carbocycles. The van der Waals surface area contributed by atoms with Gasteiger partial charge in [-0.3, -0.25) is 0 Å². The lowest BCUT2D eigenvalue weighted by Gasteiger charge is -2.12. The molecule has 0 bridgehead atoms. The number of thioether (sulfide) groups is 1. The van der Waals surface area contributed by atoms with E-state index in [1.165, 1.54) is 11.8 Å². The SMILES string of the molecule is CSc1nc(NCCOC(=O)c2ccc(Cl)cc2)c(C#N)c(-c2ccccc2)n1. The molecule has 0 fully saturated rings. The smallest absolute Gasteiger partial charge is 0.338 e. The molecule has 146 valence electrons. The Labute approximate surface area is 177 Å². The van der Waals surface area contributed by atoms with Gasteiger partial charge in [0.25, 0.3) is 0 Å². The summed E-state index contributed by atoms with van der Waals surface area (Å²) >= 11 is 7.20. The van der Waals surface area contributed by atoms with Crippen LogP contribution in [0.25, 0.3) is 11.3 Å². The van der Waals surface area contributed by atoms with E-state index >= 15 is 0 Å². The molecule has 1 N–H and O–H groups in total. The number of halogens is 1. The number of aromatic nitrogens is 2. The van der Waals surface area contributed by atoms with E-state index in [9.17, 15) is 10.1 Å². The lowest BCUT2D eigenvalue weighted by atomic mass is 10.1. The van der Waals surface area contributed by atoms with Crippen molar-refractivity contribution in [2.24, 2.45) is 0 Å². The zero-order valence-corrected chi connectivity index (χ0v) is 17.1. The molecule has 0 saturated heterocycles. The first kappa shape index (κ1) is 20.6. The fourth-order valence-electron chi connectivity index (χ4n) is 2.55. The van der Waals surface area contributed by atoms with Gasteiger partial charge in [0.05, 0.1) is 17.8 Å². The molecule has 0 aliphatic heterocycles. The van der Waals surface area contributed by atoms with Gasteiger partial charge in [0.2, 0.25) is 0 Å². The quantitative estimate of drug-likeness (QED) is 0.255. The molecule has 0 radical (unpaired) electrons. The van der Waals surface area contributed by atoms with E-state index in [-0.39, 0.29) is 6.61 Å². The van der Waals surface area contributed by atoms with Crippen molar-refractivity contribution >= 4 is 35.1 Å².